The zero-order chi connectivity index (χ0) is 14.8. The first kappa shape index (κ1) is 13.7. The largest absolute Gasteiger partial charge is 0.481 e. The van der Waals surface area contributed by atoms with Gasteiger partial charge in [-0.15, -0.1) is 0 Å². The zero-order valence-corrected chi connectivity index (χ0v) is 12.0. The fourth-order valence-corrected chi connectivity index (χ4v) is 2.77. The van der Waals surface area contributed by atoms with Crippen LogP contribution in [0.2, 0.25) is 5.02 Å². The van der Waals surface area contributed by atoms with E-state index >= 15 is 0 Å². The first-order chi connectivity index (χ1) is 10.2. The van der Waals surface area contributed by atoms with Crippen LogP contribution in [0.5, 0.6) is 0 Å². The first-order valence-corrected chi connectivity index (χ1v) is 7.09. The minimum absolute atomic E-state index is 0.0795. The van der Waals surface area contributed by atoms with Gasteiger partial charge in [0, 0.05) is 22.6 Å². The van der Waals surface area contributed by atoms with Crippen molar-refractivity contribution in [1.29, 1.82) is 0 Å². The number of fused-ring (bicyclic) bond motifs is 1. The Labute approximate surface area is 127 Å². The predicted molar refractivity (Wildman–Crippen MR) is 84.6 cm³/mol. The second-order valence-electron chi connectivity index (χ2n) is 4.86. The maximum atomic E-state index is 10.9. The predicted octanol–water partition coefficient (Wildman–Crippen LogP) is 4.44. The number of aryl methyl sites for hydroxylation is 1. The lowest BCUT2D eigenvalue weighted by Gasteiger charge is -2.09. The van der Waals surface area contributed by atoms with Crippen molar-refractivity contribution in [2.75, 3.05) is 0 Å². The molecule has 4 heteroatoms. The topological polar surface area (TPSA) is 42.2 Å². The summed E-state index contributed by atoms with van der Waals surface area (Å²) in [5, 5.41) is 10.6. The molecule has 0 fully saturated rings. The van der Waals surface area contributed by atoms with Crippen LogP contribution in [0.15, 0.2) is 54.6 Å². The average molecular weight is 300 g/mol. The molecule has 0 aliphatic carbocycles. The summed E-state index contributed by atoms with van der Waals surface area (Å²) in [6, 6.07) is 17.6. The van der Waals surface area contributed by atoms with Gasteiger partial charge in [0.1, 0.15) is 0 Å². The van der Waals surface area contributed by atoms with Crippen LogP contribution in [0.25, 0.3) is 22.2 Å². The molecule has 106 valence electrons. The van der Waals surface area contributed by atoms with Crippen LogP contribution in [0.1, 0.15) is 6.42 Å². The third-order valence-electron chi connectivity index (χ3n) is 3.51. The van der Waals surface area contributed by atoms with E-state index in [1.165, 1.54) is 0 Å². The van der Waals surface area contributed by atoms with Crippen molar-refractivity contribution < 1.29 is 9.90 Å². The van der Waals surface area contributed by atoms with Gasteiger partial charge in [-0.05, 0) is 23.8 Å². The average Bonchev–Trinajstić information content (AvgIpc) is 2.86. The molecule has 1 N–H and O–H groups in total. The van der Waals surface area contributed by atoms with Crippen LogP contribution < -0.4 is 0 Å². The van der Waals surface area contributed by atoms with E-state index in [-0.39, 0.29) is 6.42 Å². The summed E-state index contributed by atoms with van der Waals surface area (Å²) >= 11 is 6.26. The summed E-state index contributed by atoms with van der Waals surface area (Å²) in [5.74, 6) is -0.808. The quantitative estimate of drug-likeness (QED) is 0.774. The minimum Gasteiger partial charge on any atom is -0.481 e. The molecule has 1 heterocycles. The standard InChI is InChI=1S/C17H14ClNO2/c18-14-7-4-8-15-13(14)11-16(12-5-2-1-3-6-12)19(15)10-9-17(20)21/h1-8,11H,9-10H2,(H,20,21). The van der Waals surface area contributed by atoms with Gasteiger partial charge in [0.15, 0.2) is 0 Å². The molecule has 0 saturated heterocycles. The van der Waals surface area contributed by atoms with Crippen molar-refractivity contribution in [2.24, 2.45) is 0 Å². The third-order valence-corrected chi connectivity index (χ3v) is 3.84. The van der Waals surface area contributed by atoms with Gasteiger partial charge in [-0.25, -0.2) is 0 Å². The van der Waals surface area contributed by atoms with E-state index < -0.39 is 5.97 Å². The number of carbonyl (C=O) groups is 1. The molecule has 0 amide bonds. The molecule has 3 rings (SSSR count). The Balaban J connectivity index is 2.20. The number of nitrogens with zero attached hydrogens (tertiary/aromatic N) is 1. The third kappa shape index (κ3) is 2.65. The highest BCUT2D eigenvalue weighted by atomic mass is 35.5. The van der Waals surface area contributed by atoms with E-state index in [9.17, 15) is 4.79 Å². The van der Waals surface area contributed by atoms with E-state index in [0.29, 0.717) is 11.6 Å². The Morgan fingerprint density at radius 3 is 2.57 bits per heavy atom. The molecule has 0 bridgehead atoms. The molecule has 0 unspecified atom stereocenters. The van der Waals surface area contributed by atoms with E-state index in [4.69, 9.17) is 16.7 Å². The zero-order valence-electron chi connectivity index (χ0n) is 11.3. The molecule has 0 atom stereocenters. The number of hydrogen-bond acceptors (Lipinski definition) is 1. The summed E-state index contributed by atoms with van der Waals surface area (Å²) < 4.78 is 2.02. The second kappa shape index (κ2) is 5.62. The SMILES string of the molecule is O=C(O)CCn1c(-c2ccccc2)cc2c(Cl)cccc21. The van der Waals surface area contributed by atoms with Gasteiger partial charge >= 0.3 is 5.97 Å². The van der Waals surface area contributed by atoms with Crippen molar-refractivity contribution in [3.05, 3.63) is 59.6 Å². The van der Waals surface area contributed by atoms with Gasteiger partial charge < -0.3 is 9.67 Å². The maximum Gasteiger partial charge on any atom is 0.305 e. The number of aliphatic carboxylic acids is 1. The molecule has 0 spiro atoms. The lowest BCUT2D eigenvalue weighted by Crippen LogP contribution is -2.05. The van der Waals surface area contributed by atoms with Crippen molar-refractivity contribution in [1.82, 2.24) is 4.57 Å². The van der Waals surface area contributed by atoms with Crippen molar-refractivity contribution in [3.8, 4) is 11.3 Å². The highest BCUT2D eigenvalue weighted by molar-refractivity contribution is 6.35. The van der Waals surface area contributed by atoms with Gasteiger partial charge in [-0.1, -0.05) is 48.0 Å². The lowest BCUT2D eigenvalue weighted by atomic mass is 10.1. The molecular weight excluding hydrogens is 286 g/mol. The Bertz CT molecular complexity index is 793. The highest BCUT2D eigenvalue weighted by Gasteiger charge is 2.13. The maximum absolute atomic E-state index is 10.9. The summed E-state index contributed by atoms with van der Waals surface area (Å²) in [4.78, 5) is 10.9. The number of rotatable bonds is 4. The number of benzene rings is 2. The summed E-state index contributed by atoms with van der Waals surface area (Å²) in [5.41, 5.74) is 3.00. The first-order valence-electron chi connectivity index (χ1n) is 6.72. The van der Waals surface area contributed by atoms with Gasteiger partial charge in [-0.2, -0.15) is 0 Å². The molecule has 0 saturated carbocycles. The molecule has 0 aliphatic rings. The van der Waals surface area contributed by atoms with Gasteiger partial charge in [0.05, 0.1) is 11.9 Å². The van der Waals surface area contributed by atoms with Crippen LogP contribution in [0.4, 0.5) is 0 Å². The van der Waals surface area contributed by atoms with Crippen LogP contribution in [0, 0.1) is 0 Å². The highest BCUT2D eigenvalue weighted by Crippen LogP contribution is 2.32. The number of carboxylic acids is 1. The van der Waals surface area contributed by atoms with Crippen LogP contribution >= 0.6 is 11.6 Å². The van der Waals surface area contributed by atoms with Crippen molar-refractivity contribution in [2.45, 2.75) is 13.0 Å². The molecular formula is C17H14ClNO2. The van der Waals surface area contributed by atoms with Crippen LogP contribution in [0.3, 0.4) is 0 Å². The lowest BCUT2D eigenvalue weighted by molar-refractivity contribution is -0.137. The molecule has 1 aromatic heterocycles. The Kier molecular flexibility index (Phi) is 3.67. The normalized spacial score (nSPS) is 10.9. The number of carboxylic acid groups (broad SMARTS) is 1. The fourth-order valence-electron chi connectivity index (χ4n) is 2.54. The van der Waals surface area contributed by atoms with Gasteiger partial charge in [-0.3, -0.25) is 4.79 Å². The number of halogens is 1. The van der Waals surface area contributed by atoms with Crippen molar-refractivity contribution >= 4 is 28.5 Å². The van der Waals surface area contributed by atoms with Crippen molar-refractivity contribution in [3.63, 3.8) is 0 Å². The molecule has 0 radical (unpaired) electrons. The van der Waals surface area contributed by atoms with Gasteiger partial charge in [0.2, 0.25) is 0 Å². The molecule has 21 heavy (non-hydrogen) atoms. The van der Waals surface area contributed by atoms with Crippen LogP contribution in [-0.2, 0) is 11.3 Å². The summed E-state index contributed by atoms with van der Waals surface area (Å²) in [6.45, 7) is 0.420. The van der Waals surface area contributed by atoms with Crippen LogP contribution in [-0.4, -0.2) is 15.6 Å². The summed E-state index contributed by atoms with van der Waals surface area (Å²) in [6.07, 6.45) is 0.0795. The van der Waals surface area contributed by atoms with E-state index in [1.807, 2.05) is 59.2 Å². The Morgan fingerprint density at radius 1 is 1.10 bits per heavy atom. The molecule has 3 nitrogen and oxygen atoms in total. The van der Waals surface area contributed by atoms with E-state index in [1.54, 1.807) is 0 Å². The second-order valence-corrected chi connectivity index (χ2v) is 5.27. The molecule has 3 aromatic rings. The Hall–Kier alpha value is -2.26. The Morgan fingerprint density at radius 2 is 1.86 bits per heavy atom. The fraction of sp³-hybridized carbons (Fsp3) is 0.118. The summed E-state index contributed by atoms with van der Waals surface area (Å²) in [7, 11) is 0. The molecule has 2 aromatic carbocycles. The monoisotopic (exact) mass is 299 g/mol. The van der Waals surface area contributed by atoms with Gasteiger partial charge in [0.25, 0.3) is 0 Å². The number of aromatic nitrogens is 1. The van der Waals surface area contributed by atoms with E-state index in [0.717, 1.165) is 22.2 Å². The smallest absolute Gasteiger partial charge is 0.305 e. The van der Waals surface area contributed by atoms with E-state index in [2.05, 4.69) is 0 Å². The minimum atomic E-state index is -0.808. The number of hydrogen-bond donors (Lipinski definition) is 1. The molecule has 0 aliphatic heterocycles.